The van der Waals surface area contributed by atoms with Crippen LogP contribution in [0.4, 0.5) is 11.5 Å². The van der Waals surface area contributed by atoms with Gasteiger partial charge in [0.05, 0.1) is 0 Å². The van der Waals surface area contributed by atoms with E-state index in [0.717, 1.165) is 39.0 Å². The summed E-state index contributed by atoms with van der Waals surface area (Å²) < 4.78 is 2.69. The summed E-state index contributed by atoms with van der Waals surface area (Å²) in [7, 11) is 0. The minimum absolute atomic E-state index is 0.119. The van der Waals surface area contributed by atoms with E-state index < -0.39 is 0 Å². The van der Waals surface area contributed by atoms with Crippen molar-refractivity contribution in [2.75, 3.05) is 42.5 Å². The van der Waals surface area contributed by atoms with Crippen molar-refractivity contribution < 1.29 is 4.79 Å². The monoisotopic (exact) mass is 485 g/mol. The van der Waals surface area contributed by atoms with Crippen molar-refractivity contribution in [1.29, 1.82) is 0 Å². The molecule has 4 aromatic rings. The summed E-state index contributed by atoms with van der Waals surface area (Å²) in [4.78, 5) is 34.5. The first-order valence-electron chi connectivity index (χ1n) is 12.4. The zero-order chi connectivity index (χ0) is 24.9. The predicted octanol–water partition coefficient (Wildman–Crippen LogP) is 2.28. The number of rotatable bonds is 8. The van der Waals surface area contributed by atoms with Crippen LogP contribution in [0, 0.1) is 6.92 Å². The van der Waals surface area contributed by atoms with E-state index in [0.29, 0.717) is 18.0 Å². The Morgan fingerprint density at radius 1 is 0.972 bits per heavy atom. The van der Waals surface area contributed by atoms with Gasteiger partial charge < -0.3 is 15.1 Å². The third kappa shape index (κ3) is 5.10. The molecule has 0 spiro atoms. The molecule has 2 aromatic heterocycles. The molecule has 1 fully saturated rings. The van der Waals surface area contributed by atoms with Crippen LogP contribution < -0.4 is 20.8 Å². The number of amides is 1. The third-order valence-corrected chi connectivity index (χ3v) is 6.62. The van der Waals surface area contributed by atoms with Gasteiger partial charge in [-0.1, -0.05) is 48.5 Å². The Morgan fingerprint density at radius 2 is 1.69 bits per heavy atom. The number of piperazine rings is 1. The van der Waals surface area contributed by atoms with E-state index in [4.69, 9.17) is 0 Å². The van der Waals surface area contributed by atoms with Crippen molar-refractivity contribution in [3.8, 4) is 0 Å². The van der Waals surface area contributed by atoms with E-state index in [-0.39, 0.29) is 18.1 Å². The van der Waals surface area contributed by atoms with Crippen LogP contribution in [0.25, 0.3) is 5.65 Å². The summed E-state index contributed by atoms with van der Waals surface area (Å²) in [5, 5.41) is 7.38. The molecule has 1 amide bonds. The number of anilines is 2. The van der Waals surface area contributed by atoms with E-state index in [9.17, 15) is 9.59 Å². The smallest absolute Gasteiger partial charge is 0.350 e. The van der Waals surface area contributed by atoms with E-state index in [1.165, 1.54) is 25.9 Å². The number of benzene rings is 2. The fourth-order valence-corrected chi connectivity index (χ4v) is 4.70. The van der Waals surface area contributed by atoms with Gasteiger partial charge in [0.1, 0.15) is 6.54 Å². The molecule has 5 rings (SSSR count). The van der Waals surface area contributed by atoms with Gasteiger partial charge in [-0.2, -0.15) is 0 Å². The largest absolute Gasteiger partial charge is 0.368 e. The van der Waals surface area contributed by atoms with Crippen LogP contribution >= 0.6 is 0 Å². The molecule has 1 saturated heterocycles. The Labute approximate surface area is 210 Å². The summed E-state index contributed by atoms with van der Waals surface area (Å²) in [6.07, 6.45) is 4.94. The summed E-state index contributed by atoms with van der Waals surface area (Å²) in [5.74, 6) is 0.441. The van der Waals surface area contributed by atoms with Gasteiger partial charge in [-0.25, -0.2) is 18.9 Å². The summed E-state index contributed by atoms with van der Waals surface area (Å²) >= 11 is 0. The van der Waals surface area contributed by atoms with Crippen LogP contribution in [0.15, 0.2) is 71.8 Å². The average Bonchev–Trinajstić information content (AvgIpc) is 3.23. The van der Waals surface area contributed by atoms with Gasteiger partial charge in [0.25, 0.3) is 0 Å². The predicted molar refractivity (Wildman–Crippen MR) is 141 cm³/mol. The van der Waals surface area contributed by atoms with Gasteiger partial charge in [-0.15, -0.1) is 5.10 Å². The van der Waals surface area contributed by atoms with Gasteiger partial charge in [-0.3, -0.25) is 4.79 Å². The molecule has 0 unspecified atom stereocenters. The lowest BCUT2D eigenvalue weighted by Gasteiger charge is -2.37. The topological polar surface area (TPSA) is 87.8 Å². The normalized spacial score (nSPS) is 13.8. The van der Waals surface area contributed by atoms with E-state index >= 15 is 0 Å². The van der Waals surface area contributed by atoms with Crippen molar-refractivity contribution in [2.45, 2.75) is 26.3 Å². The van der Waals surface area contributed by atoms with Gasteiger partial charge in [0, 0.05) is 50.8 Å². The van der Waals surface area contributed by atoms with Crippen LogP contribution in [0.1, 0.15) is 17.5 Å². The van der Waals surface area contributed by atoms with Crippen LogP contribution in [0.3, 0.4) is 0 Å². The second kappa shape index (κ2) is 10.6. The number of hydrogen-bond donors (Lipinski definition) is 1. The van der Waals surface area contributed by atoms with E-state index in [1.807, 2.05) is 18.2 Å². The standard InChI is InChI=1S/C27H31N7O2/c1-21-8-5-6-12-23(21)31-16-18-32(19-17-31)25-26-30-34(27(36)33(26)15-14-29-25)20-24(35)28-13-7-11-22-9-3-2-4-10-22/h2-6,8-10,12,14-15H,7,11,13,16-20H2,1H3,(H,28,35). The second-order valence-corrected chi connectivity index (χ2v) is 9.08. The molecule has 2 aromatic carbocycles. The lowest BCUT2D eigenvalue weighted by atomic mass is 10.1. The quantitative estimate of drug-likeness (QED) is 0.385. The SMILES string of the molecule is Cc1ccccc1N1CCN(c2nccn3c(=O)n(CC(=O)NCCCc4ccccc4)nc23)CC1. The minimum atomic E-state index is -0.341. The Hall–Kier alpha value is -4.14. The third-order valence-electron chi connectivity index (χ3n) is 6.62. The number of aromatic nitrogens is 4. The molecule has 3 heterocycles. The van der Waals surface area contributed by atoms with Crippen molar-refractivity contribution in [3.63, 3.8) is 0 Å². The maximum atomic E-state index is 12.9. The fraction of sp³-hybridized carbons (Fsp3) is 0.333. The first-order chi connectivity index (χ1) is 17.6. The lowest BCUT2D eigenvalue weighted by Crippen LogP contribution is -2.47. The highest BCUT2D eigenvalue weighted by Crippen LogP contribution is 2.23. The number of carbonyl (C=O) groups is 1. The summed E-state index contributed by atoms with van der Waals surface area (Å²) in [6, 6.07) is 18.6. The Morgan fingerprint density at radius 3 is 2.47 bits per heavy atom. The molecule has 1 N–H and O–H groups in total. The Kier molecular flexibility index (Phi) is 6.97. The highest BCUT2D eigenvalue weighted by Gasteiger charge is 2.23. The second-order valence-electron chi connectivity index (χ2n) is 9.08. The van der Waals surface area contributed by atoms with Crippen LogP contribution in [-0.2, 0) is 17.8 Å². The first-order valence-corrected chi connectivity index (χ1v) is 12.4. The molecule has 0 aliphatic carbocycles. The highest BCUT2D eigenvalue weighted by molar-refractivity contribution is 5.75. The van der Waals surface area contributed by atoms with Crippen molar-refractivity contribution in [3.05, 3.63) is 88.6 Å². The van der Waals surface area contributed by atoms with E-state index in [2.05, 4.69) is 68.5 Å². The van der Waals surface area contributed by atoms with Crippen molar-refractivity contribution in [1.82, 2.24) is 24.5 Å². The number of para-hydroxylation sites is 1. The summed E-state index contributed by atoms with van der Waals surface area (Å²) in [5.41, 5.74) is 3.88. The van der Waals surface area contributed by atoms with Crippen LogP contribution in [0.2, 0.25) is 0 Å². The van der Waals surface area contributed by atoms with Gasteiger partial charge in [-0.05, 0) is 37.0 Å². The average molecular weight is 486 g/mol. The molecule has 0 radical (unpaired) electrons. The van der Waals surface area contributed by atoms with Gasteiger partial charge >= 0.3 is 5.69 Å². The fourth-order valence-electron chi connectivity index (χ4n) is 4.70. The van der Waals surface area contributed by atoms with Crippen molar-refractivity contribution in [2.24, 2.45) is 0 Å². The lowest BCUT2D eigenvalue weighted by molar-refractivity contribution is -0.121. The number of nitrogens with one attached hydrogen (secondary N) is 1. The molecule has 0 saturated carbocycles. The molecule has 0 atom stereocenters. The Bertz CT molecular complexity index is 1390. The van der Waals surface area contributed by atoms with Crippen molar-refractivity contribution >= 4 is 23.1 Å². The molecule has 36 heavy (non-hydrogen) atoms. The molecule has 9 heteroatoms. The number of nitrogens with zero attached hydrogens (tertiary/aromatic N) is 6. The minimum Gasteiger partial charge on any atom is -0.368 e. The number of fused-ring (bicyclic) bond motifs is 1. The Balaban J connectivity index is 1.22. The molecule has 1 aliphatic rings. The molecular formula is C27H31N7O2. The first kappa shape index (κ1) is 23.6. The molecular weight excluding hydrogens is 454 g/mol. The molecule has 0 bridgehead atoms. The zero-order valence-corrected chi connectivity index (χ0v) is 20.5. The van der Waals surface area contributed by atoms with Gasteiger partial charge in [0.15, 0.2) is 5.82 Å². The zero-order valence-electron chi connectivity index (χ0n) is 20.5. The maximum absolute atomic E-state index is 12.9. The molecule has 9 nitrogen and oxygen atoms in total. The maximum Gasteiger partial charge on any atom is 0.350 e. The van der Waals surface area contributed by atoms with Crippen LogP contribution in [-0.4, -0.2) is 57.8 Å². The van der Waals surface area contributed by atoms with Crippen LogP contribution in [0.5, 0.6) is 0 Å². The summed E-state index contributed by atoms with van der Waals surface area (Å²) in [6.45, 7) is 5.80. The number of carbonyl (C=O) groups excluding carboxylic acids is 1. The number of aryl methyl sites for hydroxylation is 2. The van der Waals surface area contributed by atoms with E-state index in [1.54, 1.807) is 12.4 Å². The van der Waals surface area contributed by atoms with Gasteiger partial charge in [0.2, 0.25) is 11.6 Å². The number of hydrogen-bond acceptors (Lipinski definition) is 6. The highest BCUT2D eigenvalue weighted by atomic mass is 16.2. The molecule has 186 valence electrons. The molecule has 1 aliphatic heterocycles.